The average molecular weight is 398 g/mol. The van der Waals surface area contributed by atoms with Crippen LogP contribution in [0.3, 0.4) is 0 Å². The van der Waals surface area contributed by atoms with Crippen molar-refractivity contribution in [1.82, 2.24) is 15.5 Å². The smallest absolute Gasteiger partial charge is 0.261 e. The predicted octanol–water partition coefficient (Wildman–Crippen LogP) is 2.52. The molecule has 2 N–H and O–H groups in total. The van der Waals surface area contributed by atoms with Crippen LogP contribution in [-0.4, -0.2) is 48.4 Å². The van der Waals surface area contributed by atoms with Crippen molar-refractivity contribution in [1.29, 1.82) is 0 Å². The fourth-order valence-electron chi connectivity index (χ4n) is 4.52. The highest BCUT2D eigenvalue weighted by molar-refractivity contribution is 7.14. The summed E-state index contributed by atoms with van der Waals surface area (Å²) in [6.45, 7) is 0.0944. The first-order chi connectivity index (χ1) is 12.1. The van der Waals surface area contributed by atoms with Crippen LogP contribution in [0.15, 0.2) is 6.07 Å². The van der Waals surface area contributed by atoms with Gasteiger partial charge in [-0.1, -0.05) is 0 Å². The highest BCUT2D eigenvalue weighted by Gasteiger charge is 2.36. The van der Waals surface area contributed by atoms with Crippen molar-refractivity contribution in [2.45, 2.75) is 69.5 Å². The first-order valence-electron chi connectivity index (χ1n) is 9.51. The molecular formula is C19H28ClN3O2S. The van der Waals surface area contributed by atoms with E-state index in [-0.39, 0.29) is 30.8 Å². The Morgan fingerprint density at radius 1 is 1.23 bits per heavy atom. The maximum absolute atomic E-state index is 12.5. The Morgan fingerprint density at radius 3 is 2.62 bits per heavy atom. The Morgan fingerprint density at radius 2 is 1.92 bits per heavy atom. The van der Waals surface area contributed by atoms with Crippen molar-refractivity contribution in [3.05, 3.63) is 21.4 Å². The van der Waals surface area contributed by atoms with Crippen LogP contribution in [0.4, 0.5) is 0 Å². The second kappa shape index (κ2) is 8.28. The van der Waals surface area contributed by atoms with Crippen molar-refractivity contribution >= 4 is 35.6 Å². The SMILES string of the molecule is CN(C(=O)CNC(=O)c1cc2c(s1)CCCC2)C1CC2CCC(C1)N2.Cl. The monoisotopic (exact) mass is 397 g/mol. The number of carbonyl (C=O) groups is 2. The number of nitrogens with zero attached hydrogens (tertiary/aromatic N) is 1. The molecule has 2 fully saturated rings. The third kappa shape index (κ3) is 4.07. The standard InChI is InChI=1S/C19H27N3O2S.ClH/c1-22(15-9-13-6-7-14(10-15)21-13)18(23)11-20-19(24)17-8-12-4-2-3-5-16(12)25-17;/h8,13-15,21H,2-7,9-11H2,1H3,(H,20,24);1H. The van der Waals surface area contributed by atoms with Crippen molar-refractivity contribution in [3.63, 3.8) is 0 Å². The molecule has 7 heteroatoms. The summed E-state index contributed by atoms with van der Waals surface area (Å²) >= 11 is 1.60. The molecule has 4 rings (SSSR count). The third-order valence-corrected chi connectivity index (χ3v) is 7.25. The van der Waals surface area contributed by atoms with Crippen molar-refractivity contribution < 1.29 is 9.59 Å². The number of piperidine rings is 1. The Kier molecular flexibility index (Phi) is 6.25. The molecule has 2 unspecified atom stereocenters. The number of aryl methyl sites for hydroxylation is 2. The normalized spacial score (nSPS) is 26.6. The molecule has 26 heavy (non-hydrogen) atoms. The van der Waals surface area contributed by atoms with Crippen LogP contribution in [0.25, 0.3) is 0 Å². The van der Waals surface area contributed by atoms with Gasteiger partial charge in [-0.2, -0.15) is 0 Å². The molecule has 1 aliphatic carbocycles. The molecule has 2 aliphatic heterocycles. The van der Waals surface area contributed by atoms with Crippen LogP contribution in [0.5, 0.6) is 0 Å². The van der Waals surface area contributed by atoms with Gasteiger partial charge in [-0.25, -0.2) is 0 Å². The topological polar surface area (TPSA) is 61.4 Å². The van der Waals surface area contributed by atoms with E-state index in [1.165, 1.54) is 36.1 Å². The van der Waals surface area contributed by atoms with E-state index in [1.807, 2.05) is 18.0 Å². The summed E-state index contributed by atoms with van der Waals surface area (Å²) in [6.07, 6.45) is 9.12. The number of hydrogen-bond donors (Lipinski definition) is 2. The molecule has 0 radical (unpaired) electrons. The zero-order chi connectivity index (χ0) is 17.4. The molecule has 2 bridgehead atoms. The second-order valence-corrected chi connectivity index (χ2v) is 8.85. The van der Waals surface area contributed by atoms with Gasteiger partial charge in [-0.15, -0.1) is 23.7 Å². The molecule has 3 aliphatic rings. The third-order valence-electron chi connectivity index (χ3n) is 6.01. The van der Waals surface area contributed by atoms with Gasteiger partial charge < -0.3 is 15.5 Å². The lowest BCUT2D eigenvalue weighted by atomic mass is 9.98. The molecule has 2 saturated heterocycles. The Bertz CT molecular complexity index is 642. The molecule has 3 heterocycles. The van der Waals surface area contributed by atoms with E-state index < -0.39 is 0 Å². The van der Waals surface area contributed by atoms with E-state index >= 15 is 0 Å². The van der Waals surface area contributed by atoms with E-state index in [0.717, 1.165) is 30.6 Å². The van der Waals surface area contributed by atoms with Gasteiger partial charge in [0.1, 0.15) is 0 Å². The summed E-state index contributed by atoms with van der Waals surface area (Å²) in [5.74, 6) is -0.0903. The molecular weight excluding hydrogens is 370 g/mol. The lowest BCUT2D eigenvalue weighted by Crippen LogP contribution is -2.50. The van der Waals surface area contributed by atoms with Crippen molar-refractivity contribution in [2.24, 2.45) is 0 Å². The minimum atomic E-state index is -0.105. The van der Waals surface area contributed by atoms with Gasteiger partial charge in [0, 0.05) is 30.1 Å². The van der Waals surface area contributed by atoms with Crippen LogP contribution in [0.2, 0.25) is 0 Å². The molecule has 0 saturated carbocycles. The number of halogens is 1. The minimum absolute atomic E-state index is 0. The first-order valence-corrected chi connectivity index (χ1v) is 10.3. The molecule has 0 aromatic carbocycles. The zero-order valence-corrected chi connectivity index (χ0v) is 16.9. The van der Waals surface area contributed by atoms with Crippen LogP contribution in [0, 0.1) is 0 Å². The molecule has 2 atom stereocenters. The first kappa shape index (κ1) is 19.6. The van der Waals surface area contributed by atoms with Gasteiger partial charge >= 0.3 is 0 Å². The zero-order valence-electron chi connectivity index (χ0n) is 15.3. The fourth-order valence-corrected chi connectivity index (χ4v) is 5.69. The maximum atomic E-state index is 12.5. The van der Waals surface area contributed by atoms with Gasteiger partial charge in [0.05, 0.1) is 11.4 Å². The summed E-state index contributed by atoms with van der Waals surface area (Å²) < 4.78 is 0. The van der Waals surface area contributed by atoms with E-state index in [1.54, 1.807) is 11.3 Å². The second-order valence-electron chi connectivity index (χ2n) is 7.72. The molecule has 0 spiro atoms. The Labute approximate surface area is 165 Å². The Hall–Kier alpha value is -1.11. The number of carbonyl (C=O) groups excluding carboxylic acids is 2. The number of amides is 2. The largest absolute Gasteiger partial charge is 0.342 e. The number of likely N-dealkylation sites (N-methyl/N-ethyl adjacent to an activating group) is 1. The number of nitrogens with one attached hydrogen (secondary N) is 2. The predicted molar refractivity (Wildman–Crippen MR) is 106 cm³/mol. The van der Waals surface area contributed by atoms with Crippen LogP contribution in [0.1, 0.15) is 58.6 Å². The van der Waals surface area contributed by atoms with E-state index in [0.29, 0.717) is 18.1 Å². The summed E-state index contributed by atoms with van der Waals surface area (Å²) in [7, 11) is 1.88. The summed E-state index contributed by atoms with van der Waals surface area (Å²) in [4.78, 5) is 28.9. The molecule has 5 nitrogen and oxygen atoms in total. The van der Waals surface area contributed by atoms with Crippen LogP contribution < -0.4 is 10.6 Å². The molecule has 2 amide bonds. The van der Waals surface area contributed by atoms with E-state index in [9.17, 15) is 9.59 Å². The van der Waals surface area contributed by atoms with Crippen LogP contribution >= 0.6 is 23.7 Å². The van der Waals surface area contributed by atoms with E-state index in [2.05, 4.69) is 10.6 Å². The maximum Gasteiger partial charge on any atom is 0.261 e. The van der Waals surface area contributed by atoms with Gasteiger partial charge in [0.2, 0.25) is 5.91 Å². The summed E-state index contributed by atoms with van der Waals surface area (Å²) in [6, 6.07) is 3.45. The Balaban J connectivity index is 0.00000196. The van der Waals surface area contributed by atoms with Crippen molar-refractivity contribution in [2.75, 3.05) is 13.6 Å². The summed E-state index contributed by atoms with van der Waals surface area (Å²) in [5, 5.41) is 6.43. The summed E-state index contributed by atoms with van der Waals surface area (Å²) in [5.41, 5.74) is 1.33. The number of rotatable bonds is 4. The average Bonchev–Trinajstić information content (AvgIpc) is 3.21. The number of fused-ring (bicyclic) bond motifs is 3. The molecule has 1 aromatic heterocycles. The highest BCUT2D eigenvalue weighted by Crippen LogP contribution is 2.30. The molecule has 1 aromatic rings. The molecule has 144 valence electrons. The van der Waals surface area contributed by atoms with Gasteiger partial charge in [-0.3, -0.25) is 9.59 Å². The lowest BCUT2D eigenvalue weighted by Gasteiger charge is -2.35. The number of hydrogen-bond acceptors (Lipinski definition) is 4. The van der Waals surface area contributed by atoms with Gasteiger partial charge in [-0.05, 0) is 63.0 Å². The quantitative estimate of drug-likeness (QED) is 0.820. The van der Waals surface area contributed by atoms with Crippen LogP contribution in [-0.2, 0) is 17.6 Å². The van der Waals surface area contributed by atoms with Gasteiger partial charge in [0.15, 0.2) is 0 Å². The number of thiophene rings is 1. The highest BCUT2D eigenvalue weighted by atomic mass is 35.5. The van der Waals surface area contributed by atoms with Gasteiger partial charge in [0.25, 0.3) is 5.91 Å². The fraction of sp³-hybridized carbons (Fsp3) is 0.684. The van der Waals surface area contributed by atoms with Crippen molar-refractivity contribution in [3.8, 4) is 0 Å². The minimum Gasteiger partial charge on any atom is -0.342 e. The lowest BCUT2D eigenvalue weighted by molar-refractivity contribution is -0.131. The van der Waals surface area contributed by atoms with E-state index in [4.69, 9.17) is 0 Å².